The highest BCUT2D eigenvalue weighted by atomic mass is 16.2. The molecule has 3 amide bonds. The minimum absolute atomic E-state index is 0.164. The molecule has 2 saturated heterocycles. The first kappa shape index (κ1) is 28.1. The first-order chi connectivity index (χ1) is 20.1. The number of urea groups is 1. The van der Waals surface area contributed by atoms with Crippen LogP contribution in [0.2, 0.25) is 0 Å². The van der Waals surface area contributed by atoms with Crippen molar-refractivity contribution in [3.8, 4) is 5.69 Å². The number of carbonyl (C=O) groups is 2. The number of piperazine rings is 1. The summed E-state index contributed by atoms with van der Waals surface area (Å²) in [5.74, 6) is 1.29. The molecule has 3 atom stereocenters. The summed E-state index contributed by atoms with van der Waals surface area (Å²) in [6.07, 6.45) is 1.62. The molecule has 42 heavy (non-hydrogen) atoms. The van der Waals surface area contributed by atoms with Gasteiger partial charge in [-0.3, -0.25) is 19.6 Å². The molecule has 3 fully saturated rings. The number of aromatic nitrogens is 2. The number of nitrogens with two attached hydrogens (primary N) is 2. The van der Waals surface area contributed by atoms with Crippen molar-refractivity contribution in [1.29, 1.82) is 0 Å². The van der Waals surface area contributed by atoms with Crippen LogP contribution in [-0.2, 0) is 11.3 Å². The Hall–Kier alpha value is -4.06. The lowest BCUT2D eigenvalue weighted by atomic mass is 9.99. The normalized spacial score (nSPS) is 23.9. The van der Waals surface area contributed by atoms with Gasteiger partial charge in [0, 0.05) is 51.5 Å². The highest BCUT2D eigenvalue weighted by molar-refractivity contribution is 5.89. The summed E-state index contributed by atoms with van der Waals surface area (Å²) in [4.78, 5) is 49.2. The molecule has 3 unspecified atom stereocenters. The number of amides is 3. The average Bonchev–Trinajstić information content (AvgIpc) is 3.35. The number of nitrogens with one attached hydrogen (secondary N) is 1. The number of fused-ring (bicyclic) bond motifs is 1. The summed E-state index contributed by atoms with van der Waals surface area (Å²) in [5, 5.41) is 2.78. The Kier molecular flexibility index (Phi) is 7.34. The molecule has 0 radical (unpaired) electrons. The first-order valence-electron chi connectivity index (χ1n) is 14.5. The van der Waals surface area contributed by atoms with Crippen LogP contribution >= 0.6 is 0 Å². The molecule has 220 valence electrons. The Morgan fingerprint density at radius 3 is 2.31 bits per heavy atom. The van der Waals surface area contributed by atoms with Crippen LogP contribution in [0.3, 0.4) is 0 Å². The Morgan fingerprint density at radius 1 is 0.976 bits per heavy atom. The third-order valence-electron chi connectivity index (χ3n) is 8.66. The zero-order chi connectivity index (χ0) is 29.6. The minimum atomic E-state index is -1.01. The fourth-order valence-corrected chi connectivity index (χ4v) is 6.24. The van der Waals surface area contributed by atoms with Crippen LogP contribution in [0.15, 0.2) is 71.7 Å². The number of benzene rings is 2. The Balaban J connectivity index is 1.12. The van der Waals surface area contributed by atoms with E-state index in [9.17, 15) is 14.4 Å². The summed E-state index contributed by atoms with van der Waals surface area (Å²) >= 11 is 0. The molecule has 0 bridgehead atoms. The summed E-state index contributed by atoms with van der Waals surface area (Å²) in [6.45, 7) is 7.31. The van der Waals surface area contributed by atoms with Gasteiger partial charge in [0.1, 0.15) is 5.82 Å². The minimum Gasteiger partial charge on any atom is -0.337 e. The van der Waals surface area contributed by atoms with E-state index in [-0.39, 0.29) is 17.8 Å². The molecule has 11 nitrogen and oxygen atoms in total. The quantitative estimate of drug-likeness (QED) is 0.410. The number of hydrogen-bond donors (Lipinski definition) is 3. The van der Waals surface area contributed by atoms with Crippen LogP contribution in [0.1, 0.15) is 31.0 Å². The highest BCUT2D eigenvalue weighted by Crippen LogP contribution is 2.44. The maximum absolute atomic E-state index is 13.4. The van der Waals surface area contributed by atoms with E-state index < -0.39 is 17.3 Å². The van der Waals surface area contributed by atoms with Crippen molar-refractivity contribution in [2.75, 3.05) is 38.0 Å². The van der Waals surface area contributed by atoms with Gasteiger partial charge in [0.25, 0.3) is 0 Å². The summed E-state index contributed by atoms with van der Waals surface area (Å²) in [7, 11) is 0. The molecule has 1 aromatic heterocycles. The topological polar surface area (TPSA) is 143 Å². The van der Waals surface area contributed by atoms with Crippen molar-refractivity contribution < 1.29 is 9.59 Å². The summed E-state index contributed by atoms with van der Waals surface area (Å²) in [5.41, 5.74) is 13.4. The van der Waals surface area contributed by atoms with Gasteiger partial charge < -0.3 is 21.3 Å². The van der Waals surface area contributed by atoms with Crippen LogP contribution in [0.5, 0.6) is 0 Å². The number of carbonyl (C=O) groups excluding carboxylic acids is 2. The summed E-state index contributed by atoms with van der Waals surface area (Å²) < 4.78 is 1.45. The van der Waals surface area contributed by atoms with Crippen LogP contribution in [0, 0.1) is 11.8 Å². The average molecular weight is 571 g/mol. The van der Waals surface area contributed by atoms with Crippen molar-refractivity contribution in [2.45, 2.75) is 38.0 Å². The standard InChI is InChI=1S/C31H38N8O3/c1-31(2,33)28(40)37-14-15-39(25(19-37)21-6-4-3-5-7-21)30(42)35-26-12-13-38(29(41)34-26)22-10-8-20(9-11-22)16-36-17-23-24(18-36)27(23)32/h3-13,23-25,27H,14-19,32-33H2,1-2H3,(H,34,35,41,42). The van der Waals surface area contributed by atoms with Crippen LogP contribution < -0.4 is 22.5 Å². The van der Waals surface area contributed by atoms with Gasteiger partial charge >= 0.3 is 11.7 Å². The lowest BCUT2D eigenvalue weighted by Gasteiger charge is -2.43. The molecule has 0 spiro atoms. The van der Waals surface area contributed by atoms with Gasteiger partial charge in [-0.25, -0.2) is 9.59 Å². The van der Waals surface area contributed by atoms with Crippen LogP contribution in [0.4, 0.5) is 10.6 Å². The monoisotopic (exact) mass is 570 g/mol. The lowest BCUT2D eigenvalue weighted by Crippen LogP contribution is -2.59. The SMILES string of the molecule is CC(C)(N)C(=O)N1CCN(C(=O)Nc2ccn(-c3ccc(CN4CC5C(N)C5C4)cc3)c(=O)n2)C(c2ccccc2)C1. The predicted molar refractivity (Wildman–Crippen MR) is 160 cm³/mol. The van der Waals surface area contributed by atoms with Crippen molar-refractivity contribution in [3.05, 3.63) is 88.5 Å². The second kappa shape index (κ2) is 11.0. The fraction of sp³-hybridized carbons (Fsp3) is 0.419. The lowest BCUT2D eigenvalue weighted by molar-refractivity contribution is -0.138. The first-order valence-corrected chi connectivity index (χ1v) is 14.5. The van der Waals surface area contributed by atoms with Gasteiger partial charge in [-0.2, -0.15) is 4.98 Å². The van der Waals surface area contributed by atoms with Gasteiger partial charge in [0.05, 0.1) is 17.3 Å². The van der Waals surface area contributed by atoms with E-state index >= 15 is 0 Å². The van der Waals surface area contributed by atoms with Gasteiger partial charge in [0.15, 0.2) is 0 Å². The number of hydrogen-bond acceptors (Lipinski definition) is 7. The molecular weight excluding hydrogens is 532 g/mol. The number of rotatable bonds is 6. The molecule has 3 heterocycles. The van der Waals surface area contributed by atoms with Crippen molar-refractivity contribution in [2.24, 2.45) is 23.3 Å². The largest absolute Gasteiger partial charge is 0.354 e. The van der Waals surface area contributed by atoms with E-state index in [1.165, 1.54) is 10.1 Å². The van der Waals surface area contributed by atoms with E-state index in [2.05, 4.69) is 15.2 Å². The van der Waals surface area contributed by atoms with Crippen molar-refractivity contribution >= 4 is 17.8 Å². The highest BCUT2D eigenvalue weighted by Gasteiger charge is 2.53. The second-order valence-corrected chi connectivity index (χ2v) is 12.3. The molecule has 3 aliphatic rings. The molecule has 1 aliphatic carbocycles. The van der Waals surface area contributed by atoms with Gasteiger partial charge in [0.2, 0.25) is 5.91 Å². The van der Waals surface area contributed by atoms with Gasteiger partial charge in [-0.15, -0.1) is 0 Å². The molecule has 3 aromatic rings. The predicted octanol–water partition coefficient (Wildman–Crippen LogP) is 1.78. The molecule has 2 aliphatic heterocycles. The van der Waals surface area contributed by atoms with E-state index in [0.29, 0.717) is 43.2 Å². The molecule has 11 heteroatoms. The number of likely N-dealkylation sites (tertiary alicyclic amines) is 1. The smallest absolute Gasteiger partial charge is 0.337 e. The van der Waals surface area contributed by atoms with Crippen molar-refractivity contribution in [1.82, 2.24) is 24.3 Å². The fourth-order valence-electron chi connectivity index (χ4n) is 6.24. The maximum atomic E-state index is 13.4. The zero-order valence-corrected chi connectivity index (χ0v) is 24.0. The van der Waals surface area contributed by atoms with E-state index in [4.69, 9.17) is 11.5 Å². The van der Waals surface area contributed by atoms with Crippen LogP contribution in [-0.4, -0.2) is 80.5 Å². The number of nitrogens with zero attached hydrogens (tertiary/aromatic N) is 5. The second-order valence-electron chi connectivity index (χ2n) is 12.3. The summed E-state index contributed by atoms with van der Waals surface area (Å²) in [6, 6.07) is 18.7. The zero-order valence-electron chi connectivity index (χ0n) is 24.0. The third-order valence-corrected chi connectivity index (χ3v) is 8.66. The molecule has 2 aromatic carbocycles. The van der Waals surface area contributed by atoms with Crippen molar-refractivity contribution in [3.63, 3.8) is 0 Å². The van der Waals surface area contributed by atoms with Gasteiger partial charge in [-0.1, -0.05) is 42.5 Å². The van der Waals surface area contributed by atoms with E-state index in [1.54, 1.807) is 35.9 Å². The molecular formula is C31H38N8O3. The van der Waals surface area contributed by atoms with Gasteiger partial charge in [-0.05, 0) is 55.0 Å². The molecule has 6 rings (SSSR count). The Bertz CT molecular complexity index is 1510. The Labute approximate surface area is 245 Å². The van der Waals surface area contributed by atoms with E-state index in [1.807, 2.05) is 54.6 Å². The Morgan fingerprint density at radius 2 is 1.67 bits per heavy atom. The van der Waals surface area contributed by atoms with E-state index in [0.717, 1.165) is 25.2 Å². The third kappa shape index (κ3) is 5.67. The number of piperidine rings is 1. The van der Waals surface area contributed by atoms with Crippen LogP contribution in [0.25, 0.3) is 5.69 Å². The molecule has 5 N–H and O–H groups in total. The maximum Gasteiger partial charge on any atom is 0.354 e. The number of anilines is 1. The molecule has 1 saturated carbocycles.